The van der Waals surface area contributed by atoms with E-state index in [0.29, 0.717) is 16.8 Å². The van der Waals surface area contributed by atoms with Crippen LogP contribution in [-0.2, 0) is 4.79 Å². The number of para-hydroxylation sites is 2. The molecule has 0 spiro atoms. The lowest BCUT2D eigenvalue weighted by atomic mass is 9.99. The van der Waals surface area contributed by atoms with Crippen LogP contribution in [-0.4, -0.2) is 41.2 Å². The molecule has 9 heteroatoms. The maximum atomic E-state index is 13.4. The van der Waals surface area contributed by atoms with Crippen LogP contribution in [0.25, 0.3) is 34.0 Å². The minimum absolute atomic E-state index is 0.134. The molecule has 43 heavy (non-hydrogen) atoms. The largest absolute Gasteiger partial charge is 0.310 e. The van der Waals surface area contributed by atoms with E-state index in [1.54, 1.807) is 17.1 Å². The van der Waals surface area contributed by atoms with E-state index in [1.807, 2.05) is 84.3 Å². The average Bonchev–Trinajstić information content (AvgIpc) is 3.63. The lowest BCUT2D eigenvalue weighted by molar-refractivity contribution is -0.113. The molecule has 1 N–H and O–H groups in total. The minimum Gasteiger partial charge on any atom is -0.310 e. The van der Waals surface area contributed by atoms with Gasteiger partial charge in [-0.15, -0.1) is 10.2 Å². The number of aryl methyl sites for hydroxylation is 4. The first-order valence-corrected chi connectivity index (χ1v) is 15.0. The fourth-order valence-electron chi connectivity index (χ4n) is 4.99. The van der Waals surface area contributed by atoms with Gasteiger partial charge in [0.05, 0.1) is 22.8 Å². The van der Waals surface area contributed by atoms with E-state index in [4.69, 9.17) is 5.10 Å². The number of nitrogens with one attached hydrogen (secondary N) is 1. The Balaban J connectivity index is 1.30. The zero-order valence-electron chi connectivity index (χ0n) is 24.4. The lowest BCUT2D eigenvalue weighted by Gasteiger charge is -2.13. The van der Waals surface area contributed by atoms with Crippen LogP contribution in [0.1, 0.15) is 22.3 Å². The molecule has 0 radical (unpaired) electrons. The van der Waals surface area contributed by atoms with Gasteiger partial charge in [-0.2, -0.15) is 5.10 Å². The Kier molecular flexibility index (Phi) is 7.89. The molecule has 0 aliphatic carbocycles. The molecular formula is C34H31N7OS. The van der Waals surface area contributed by atoms with E-state index in [-0.39, 0.29) is 11.7 Å². The number of hydrogen-bond donors (Lipinski definition) is 1. The number of nitrogens with zero attached hydrogens (tertiary/aromatic N) is 6. The number of rotatable bonds is 8. The van der Waals surface area contributed by atoms with E-state index >= 15 is 0 Å². The van der Waals surface area contributed by atoms with Crippen molar-refractivity contribution in [3.05, 3.63) is 120 Å². The highest BCUT2D eigenvalue weighted by Crippen LogP contribution is 2.31. The van der Waals surface area contributed by atoms with Crippen molar-refractivity contribution < 1.29 is 4.79 Å². The van der Waals surface area contributed by atoms with Gasteiger partial charge in [-0.05, 0) is 86.3 Å². The highest BCUT2D eigenvalue weighted by atomic mass is 32.2. The number of hydrogen-bond acceptors (Lipinski definition) is 6. The molecule has 0 atom stereocenters. The van der Waals surface area contributed by atoms with Crippen LogP contribution in [0.4, 0.5) is 5.82 Å². The summed E-state index contributed by atoms with van der Waals surface area (Å²) in [6, 6.07) is 27.9. The second-order valence-corrected chi connectivity index (χ2v) is 11.4. The van der Waals surface area contributed by atoms with E-state index in [0.717, 1.165) is 39.3 Å². The fraction of sp³-hybridized carbons (Fsp3) is 0.147. The van der Waals surface area contributed by atoms with Gasteiger partial charge < -0.3 is 5.32 Å². The van der Waals surface area contributed by atoms with Gasteiger partial charge in [-0.3, -0.25) is 14.3 Å². The summed E-state index contributed by atoms with van der Waals surface area (Å²) in [5.74, 6) is 1.23. The molecule has 1 amide bonds. The lowest BCUT2D eigenvalue weighted by Crippen LogP contribution is -2.17. The maximum absolute atomic E-state index is 13.4. The molecule has 6 aromatic rings. The first-order valence-electron chi connectivity index (χ1n) is 14.0. The van der Waals surface area contributed by atoms with Crippen molar-refractivity contribution in [3.8, 4) is 34.0 Å². The van der Waals surface area contributed by atoms with Crippen LogP contribution in [0.5, 0.6) is 0 Å². The Morgan fingerprint density at radius 3 is 2.35 bits per heavy atom. The van der Waals surface area contributed by atoms with E-state index < -0.39 is 0 Å². The van der Waals surface area contributed by atoms with Gasteiger partial charge in [0.25, 0.3) is 0 Å². The highest BCUT2D eigenvalue weighted by Gasteiger charge is 2.20. The number of anilines is 1. The molecule has 0 fully saturated rings. The maximum Gasteiger partial charge on any atom is 0.236 e. The Morgan fingerprint density at radius 1 is 0.814 bits per heavy atom. The molecule has 3 aromatic carbocycles. The molecule has 0 bridgehead atoms. The third-order valence-corrected chi connectivity index (χ3v) is 8.27. The molecule has 6 rings (SSSR count). The van der Waals surface area contributed by atoms with Crippen LogP contribution < -0.4 is 5.32 Å². The third-order valence-electron chi connectivity index (χ3n) is 7.34. The Labute approximate surface area is 254 Å². The summed E-state index contributed by atoms with van der Waals surface area (Å²) in [5.41, 5.74) is 9.12. The summed E-state index contributed by atoms with van der Waals surface area (Å²) in [6.07, 6.45) is 3.49. The zero-order valence-corrected chi connectivity index (χ0v) is 25.3. The smallest absolute Gasteiger partial charge is 0.236 e. The zero-order chi connectivity index (χ0) is 29.9. The van der Waals surface area contributed by atoms with Crippen molar-refractivity contribution in [2.45, 2.75) is 32.9 Å². The Bertz CT molecular complexity index is 1910. The van der Waals surface area contributed by atoms with Crippen LogP contribution in [0.15, 0.2) is 102 Å². The molecule has 214 valence electrons. The molecule has 8 nitrogen and oxygen atoms in total. The van der Waals surface area contributed by atoms with Crippen molar-refractivity contribution in [1.82, 2.24) is 29.5 Å². The van der Waals surface area contributed by atoms with Gasteiger partial charge in [0.1, 0.15) is 5.82 Å². The van der Waals surface area contributed by atoms with Gasteiger partial charge >= 0.3 is 0 Å². The number of carbonyl (C=O) groups excluding carboxylic acids is 1. The number of carbonyl (C=O) groups is 1. The SMILES string of the molecule is Cc1cc(C)c(-c2cc(NC(=O)CSc3nnc(-c4cccnc4)n3-c3ccccc3C)n(-c3ccccc3)n2)cc1C. The molecular weight excluding hydrogens is 554 g/mol. The Hall–Kier alpha value is -5.02. The third kappa shape index (κ3) is 5.85. The first-order chi connectivity index (χ1) is 20.9. The van der Waals surface area contributed by atoms with E-state index in [1.165, 1.54) is 22.9 Å². The molecule has 3 aromatic heterocycles. The summed E-state index contributed by atoms with van der Waals surface area (Å²) in [6.45, 7) is 8.34. The number of thioether (sulfide) groups is 1. The second kappa shape index (κ2) is 12.1. The van der Waals surface area contributed by atoms with Crippen molar-refractivity contribution in [2.24, 2.45) is 0 Å². The summed E-state index contributed by atoms with van der Waals surface area (Å²) in [7, 11) is 0. The highest BCUT2D eigenvalue weighted by molar-refractivity contribution is 7.99. The number of benzene rings is 3. The summed E-state index contributed by atoms with van der Waals surface area (Å²) in [4.78, 5) is 17.7. The average molecular weight is 586 g/mol. The molecule has 3 heterocycles. The van der Waals surface area contributed by atoms with Crippen molar-refractivity contribution >= 4 is 23.5 Å². The van der Waals surface area contributed by atoms with Crippen molar-refractivity contribution in [2.75, 3.05) is 11.1 Å². The van der Waals surface area contributed by atoms with Gasteiger partial charge in [0, 0.05) is 29.6 Å². The topological polar surface area (TPSA) is 90.5 Å². The van der Waals surface area contributed by atoms with Crippen LogP contribution in [0, 0.1) is 27.7 Å². The predicted octanol–water partition coefficient (Wildman–Crippen LogP) is 7.15. The van der Waals surface area contributed by atoms with E-state index in [9.17, 15) is 4.79 Å². The summed E-state index contributed by atoms with van der Waals surface area (Å²) >= 11 is 1.33. The number of pyridine rings is 1. The predicted molar refractivity (Wildman–Crippen MR) is 172 cm³/mol. The summed E-state index contributed by atoms with van der Waals surface area (Å²) in [5, 5.41) is 17.6. The fourth-order valence-corrected chi connectivity index (χ4v) is 5.74. The monoisotopic (exact) mass is 585 g/mol. The summed E-state index contributed by atoms with van der Waals surface area (Å²) < 4.78 is 3.77. The van der Waals surface area contributed by atoms with Crippen LogP contribution in [0.2, 0.25) is 0 Å². The van der Waals surface area contributed by atoms with Gasteiger partial charge in [0.15, 0.2) is 11.0 Å². The normalized spacial score (nSPS) is 11.1. The quantitative estimate of drug-likeness (QED) is 0.191. The van der Waals surface area contributed by atoms with Gasteiger partial charge in [0.2, 0.25) is 5.91 Å². The molecule has 0 saturated carbocycles. The van der Waals surface area contributed by atoms with Gasteiger partial charge in [-0.1, -0.05) is 54.2 Å². The Morgan fingerprint density at radius 2 is 1.58 bits per heavy atom. The standard InChI is InChI=1S/C34H31N7OS/c1-22-11-8-9-15-30(22)40-33(26-12-10-16-35-20-26)37-38-34(40)43-21-32(42)36-31-19-29(28-18-24(3)23(2)17-25(28)4)39-41(31)27-13-6-5-7-14-27/h5-20H,21H2,1-4H3,(H,36,42). The number of aromatic nitrogens is 6. The molecule has 0 unspecified atom stereocenters. The number of amides is 1. The van der Waals surface area contributed by atoms with Crippen LogP contribution >= 0.6 is 11.8 Å². The van der Waals surface area contributed by atoms with Gasteiger partial charge in [-0.25, -0.2) is 4.68 Å². The second-order valence-electron chi connectivity index (χ2n) is 10.4. The van der Waals surface area contributed by atoms with E-state index in [2.05, 4.69) is 53.4 Å². The molecule has 0 saturated heterocycles. The molecule has 0 aliphatic rings. The van der Waals surface area contributed by atoms with Crippen molar-refractivity contribution in [1.29, 1.82) is 0 Å². The molecule has 0 aliphatic heterocycles. The van der Waals surface area contributed by atoms with Crippen molar-refractivity contribution in [3.63, 3.8) is 0 Å². The minimum atomic E-state index is -0.173. The van der Waals surface area contributed by atoms with Crippen LogP contribution in [0.3, 0.4) is 0 Å². The first kappa shape index (κ1) is 28.1.